The van der Waals surface area contributed by atoms with Gasteiger partial charge in [-0.15, -0.1) is 0 Å². The summed E-state index contributed by atoms with van der Waals surface area (Å²) in [4.78, 5) is 0. The van der Waals surface area contributed by atoms with Crippen LogP contribution in [0.1, 0.15) is 33.1 Å². The van der Waals surface area contributed by atoms with Crippen LogP contribution in [-0.2, 0) is 4.74 Å². The lowest BCUT2D eigenvalue weighted by Gasteiger charge is -2.31. The Morgan fingerprint density at radius 2 is 2.23 bits per heavy atom. The third kappa shape index (κ3) is 3.63. The first kappa shape index (κ1) is 11.0. The van der Waals surface area contributed by atoms with Crippen molar-refractivity contribution in [2.24, 2.45) is 0 Å². The van der Waals surface area contributed by atoms with Crippen LogP contribution in [0.4, 0.5) is 0 Å². The second kappa shape index (κ2) is 4.40. The second-order valence-electron chi connectivity index (χ2n) is 4.39. The molecule has 0 aliphatic heterocycles. The summed E-state index contributed by atoms with van der Waals surface area (Å²) < 4.78 is 5.20. The number of aliphatic hydroxyl groups is 1. The summed E-state index contributed by atoms with van der Waals surface area (Å²) in [5.74, 6) is 0. The quantitative estimate of drug-likeness (QED) is 0.649. The molecule has 0 aromatic carbocycles. The molecule has 1 aliphatic rings. The van der Waals surface area contributed by atoms with Gasteiger partial charge in [-0.3, -0.25) is 0 Å². The molecule has 0 bridgehead atoms. The number of methoxy groups -OCH3 is 1. The topological polar surface area (TPSA) is 41.5 Å². The van der Waals surface area contributed by atoms with Crippen molar-refractivity contribution in [1.82, 2.24) is 5.32 Å². The minimum atomic E-state index is -0.170. The summed E-state index contributed by atoms with van der Waals surface area (Å²) in [6.07, 6.45) is 3.55. The van der Waals surface area contributed by atoms with Gasteiger partial charge in [0.15, 0.2) is 0 Å². The summed E-state index contributed by atoms with van der Waals surface area (Å²) in [5.41, 5.74) is -0.170. The van der Waals surface area contributed by atoms with E-state index < -0.39 is 0 Å². The molecule has 3 heteroatoms. The summed E-state index contributed by atoms with van der Waals surface area (Å²) in [6.45, 7) is 4.26. The van der Waals surface area contributed by atoms with Crippen molar-refractivity contribution in [3.63, 3.8) is 0 Å². The van der Waals surface area contributed by atoms with Crippen molar-refractivity contribution >= 4 is 0 Å². The van der Waals surface area contributed by atoms with Crippen molar-refractivity contribution in [3.05, 3.63) is 0 Å². The Morgan fingerprint density at radius 1 is 1.62 bits per heavy atom. The van der Waals surface area contributed by atoms with Crippen LogP contribution >= 0.6 is 0 Å². The molecule has 13 heavy (non-hydrogen) atoms. The van der Waals surface area contributed by atoms with Crippen LogP contribution in [0.25, 0.3) is 0 Å². The van der Waals surface area contributed by atoms with Crippen molar-refractivity contribution in [3.8, 4) is 0 Å². The molecule has 2 atom stereocenters. The maximum atomic E-state index is 9.29. The van der Waals surface area contributed by atoms with Crippen LogP contribution in [0.15, 0.2) is 0 Å². The van der Waals surface area contributed by atoms with E-state index in [1.54, 1.807) is 7.11 Å². The second-order valence-corrected chi connectivity index (χ2v) is 4.39. The van der Waals surface area contributed by atoms with Crippen LogP contribution in [0.5, 0.6) is 0 Å². The highest BCUT2D eigenvalue weighted by atomic mass is 16.5. The standard InChI is InChI=1S/C10H21NO2/c1-8(13-3)6-10(2,7-12)11-9-4-5-9/h8-9,11-12H,4-7H2,1-3H3. The summed E-state index contributed by atoms with van der Waals surface area (Å²) in [6, 6.07) is 0.626. The molecule has 0 aromatic heterocycles. The molecule has 2 N–H and O–H groups in total. The fourth-order valence-electron chi connectivity index (χ4n) is 1.61. The Bertz CT molecular complexity index is 159. The predicted molar refractivity (Wildman–Crippen MR) is 52.7 cm³/mol. The molecule has 0 radical (unpaired) electrons. The Balaban J connectivity index is 2.36. The zero-order chi connectivity index (χ0) is 9.90. The van der Waals surface area contributed by atoms with Gasteiger partial charge in [0.1, 0.15) is 0 Å². The number of nitrogens with one attached hydrogen (secondary N) is 1. The fraction of sp³-hybridized carbons (Fsp3) is 1.00. The average molecular weight is 187 g/mol. The summed E-state index contributed by atoms with van der Waals surface area (Å²) >= 11 is 0. The number of hydrogen-bond acceptors (Lipinski definition) is 3. The summed E-state index contributed by atoms with van der Waals surface area (Å²) in [7, 11) is 1.71. The van der Waals surface area contributed by atoms with E-state index >= 15 is 0 Å². The van der Waals surface area contributed by atoms with Crippen molar-refractivity contribution in [2.45, 2.75) is 50.8 Å². The number of ether oxygens (including phenoxy) is 1. The Labute approximate surface area is 80.5 Å². The Morgan fingerprint density at radius 3 is 2.62 bits per heavy atom. The molecule has 0 amide bonds. The van der Waals surface area contributed by atoms with E-state index in [2.05, 4.69) is 12.2 Å². The van der Waals surface area contributed by atoms with E-state index in [0.717, 1.165) is 6.42 Å². The fourth-order valence-corrected chi connectivity index (χ4v) is 1.61. The molecule has 0 heterocycles. The van der Waals surface area contributed by atoms with Crippen LogP contribution in [-0.4, -0.2) is 36.5 Å². The van der Waals surface area contributed by atoms with Gasteiger partial charge >= 0.3 is 0 Å². The van der Waals surface area contributed by atoms with E-state index in [-0.39, 0.29) is 18.2 Å². The molecule has 0 aromatic rings. The first-order valence-electron chi connectivity index (χ1n) is 5.01. The van der Waals surface area contributed by atoms with Gasteiger partial charge in [0.25, 0.3) is 0 Å². The van der Waals surface area contributed by atoms with Gasteiger partial charge < -0.3 is 15.2 Å². The van der Waals surface area contributed by atoms with E-state index in [1.807, 2.05) is 6.92 Å². The molecular weight excluding hydrogens is 166 g/mol. The molecule has 1 rings (SSSR count). The Kier molecular flexibility index (Phi) is 3.71. The van der Waals surface area contributed by atoms with Gasteiger partial charge in [0.05, 0.1) is 12.7 Å². The third-order valence-electron chi connectivity index (χ3n) is 2.62. The van der Waals surface area contributed by atoms with Crippen LogP contribution in [0, 0.1) is 0 Å². The molecular formula is C10H21NO2. The monoisotopic (exact) mass is 187 g/mol. The molecule has 2 unspecified atom stereocenters. The average Bonchev–Trinajstić information content (AvgIpc) is 2.88. The first-order chi connectivity index (χ1) is 6.09. The highest BCUT2D eigenvalue weighted by Crippen LogP contribution is 2.24. The first-order valence-corrected chi connectivity index (χ1v) is 5.01. The minimum Gasteiger partial charge on any atom is -0.394 e. The zero-order valence-corrected chi connectivity index (χ0v) is 8.84. The predicted octanol–water partition coefficient (Wildman–Crippen LogP) is 0.914. The lowest BCUT2D eigenvalue weighted by atomic mass is 9.95. The maximum absolute atomic E-state index is 9.29. The van der Waals surface area contributed by atoms with Gasteiger partial charge in [-0.25, -0.2) is 0 Å². The smallest absolute Gasteiger partial charge is 0.0611 e. The highest BCUT2D eigenvalue weighted by molar-refractivity contribution is 4.93. The lowest BCUT2D eigenvalue weighted by Crippen LogP contribution is -2.49. The van der Waals surface area contributed by atoms with Crippen molar-refractivity contribution in [2.75, 3.05) is 13.7 Å². The zero-order valence-electron chi connectivity index (χ0n) is 8.84. The van der Waals surface area contributed by atoms with Gasteiger partial charge in [-0.05, 0) is 33.1 Å². The van der Waals surface area contributed by atoms with Gasteiger partial charge in [0, 0.05) is 18.7 Å². The number of hydrogen-bond donors (Lipinski definition) is 2. The van der Waals surface area contributed by atoms with Gasteiger partial charge in [-0.1, -0.05) is 0 Å². The Hall–Kier alpha value is -0.120. The van der Waals surface area contributed by atoms with Crippen LogP contribution < -0.4 is 5.32 Å². The minimum absolute atomic E-state index is 0.170. The molecule has 0 saturated heterocycles. The molecule has 3 nitrogen and oxygen atoms in total. The normalized spacial score (nSPS) is 24.0. The molecule has 1 fully saturated rings. The maximum Gasteiger partial charge on any atom is 0.0611 e. The van der Waals surface area contributed by atoms with E-state index in [4.69, 9.17) is 4.74 Å². The van der Waals surface area contributed by atoms with E-state index in [0.29, 0.717) is 6.04 Å². The SMILES string of the molecule is COC(C)CC(C)(CO)NC1CC1. The molecule has 78 valence electrons. The number of rotatable bonds is 6. The van der Waals surface area contributed by atoms with Crippen LogP contribution in [0.3, 0.4) is 0 Å². The third-order valence-corrected chi connectivity index (χ3v) is 2.62. The highest BCUT2D eigenvalue weighted by Gasteiger charge is 2.32. The molecule has 1 saturated carbocycles. The van der Waals surface area contributed by atoms with E-state index in [1.165, 1.54) is 12.8 Å². The molecule has 0 spiro atoms. The van der Waals surface area contributed by atoms with Crippen molar-refractivity contribution < 1.29 is 9.84 Å². The summed E-state index contributed by atoms with van der Waals surface area (Å²) in [5, 5.41) is 12.7. The van der Waals surface area contributed by atoms with Crippen LogP contribution in [0.2, 0.25) is 0 Å². The largest absolute Gasteiger partial charge is 0.394 e. The van der Waals surface area contributed by atoms with Gasteiger partial charge in [0.2, 0.25) is 0 Å². The lowest BCUT2D eigenvalue weighted by molar-refractivity contribution is 0.0608. The van der Waals surface area contributed by atoms with Crippen molar-refractivity contribution in [1.29, 1.82) is 0 Å². The molecule has 1 aliphatic carbocycles. The van der Waals surface area contributed by atoms with E-state index in [9.17, 15) is 5.11 Å². The van der Waals surface area contributed by atoms with Gasteiger partial charge in [-0.2, -0.15) is 0 Å². The number of aliphatic hydroxyl groups excluding tert-OH is 1.